The Morgan fingerprint density at radius 1 is 1.00 bits per heavy atom. The summed E-state index contributed by atoms with van der Waals surface area (Å²) in [6.45, 7) is 8.13. The molecular formula is C21H24ClN3O5S. The molecular weight excluding hydrogens is 442 g/mol. The maximum absolute atomic E-state index is 13.4. The smallest absolute Gasteiger partial charge is 0.270 e. The second kappa shape index (κ2) is 8.57. The molecule has 1 amide bonds. The lowest BCUT2D eigenvalue weighted by Gasteiger charge is -2.35. The Bertz CT molecular complexity index is 1150. The van der Waals surface area contributed by atoms with E-state index in [9.17, 15) is 23.3 Å². The lowest BCUT2D eigenvalue weighted by Crippen LogP contribution is -2.50. The predicted molar refractivity (Wildman–Crippen MR) is 118 cm³/mol. The summed E-state index contributed by atoms with van der Waals surface area (Å²) in [7, 11) is -3.71. The summed E-state index contributed by atoms with van der Waals surface area (Å²) >= 11 is 6.08. The molecule has 8 nitrogen and oxygen atoms in total. The van der Waals surface area contributed by atoms with Gasteiger partial charge in [-0.25, -0.2) is 8.42 Å². The first-order valence-corrected chi connectivity index (χ1v) is 11.6. The molecule has 1 aliphatic heterocycles. The van der Waals surface area contributed by atoms with Crippen molar-refractivity contribution in [3.8, 4) is 0 Å². The Morgan fingerprint density at radius 3 is 2.03 bits per heavy atom. The molecule has 0 aromatic heterocycles. The third-order valence-corrected chi connectivity index (χ3v) is 8.30. The third-order valence-electron chi connectivity index (χ3n) is 5.81. The van der Waals surface area contributed by atoms with Gasteiger partial charge < -0.3 is 4.90 Å². The molecule has 31 heavy (non-hydrogen) atoms. The number of non-ortho nitro benzene ring substituents is 1. The van der Waals surface area contributed by atoms with E-state index >= 15 is 0 Å². The highest BCUT2D eigenvalue weighted by molar-refractivity contribution is 7.89. The SMILES string of the molecule is Cc1cc(C)c(C)c(S(=O)(=O)N2CCN(C(=O)c3ccc([N+](=O)[O-])cc3Cl)CC2)c1C. The molecule has 1 fully saturated rings. The van der Waals surface area contributed by atoms with Crippen molar-refractivity contribution in [1.29, 1.82) is 0 Å². The second-order valence-electron chi connectivity index (χ2n) is 7.71. The summed E-state index contributed by atoms with van der Waals surface area (Å²) in [5.74, 6) is -0.379. The standard InChI is InChI=1S/C21H24ClN3O5S/c1-13-11-14(2)16(4)20(15(13)3)31(29,30)24-9-7-23(8-10-24)21(26)18-6-5-17(25(27)28)12-19(18)22/h5-6,11-12H,7-10H2,1-4H3. The Morgan fingerprint density at radius 2 is 1.55 bits per heavy atom. The van der Waals surface area contributed by atoms with Crippen LogP contribution in [0.5, 0.6) is 0 Å². The summed E-state index contributed by atoms with van der Waals surface area (Å²) < 4.78 is 28.2. The Kier molecular flexibility index (Phi) is 6.40. The van der Waals surface area contributed by atoms with Crippen molar-refractivity contribution in [1.82, 2.24) is 9.21 Å². The minimum atomic E-state index is -3.71. The number of hydrogen-bond acceptors (Lipinski definition) is 5. The van der Waals surface area contributed by atoms with E-state index < -0.39 is 14.9 Å². The van der Waals surface area contributed by atoms with Gasteiger partial charge in [-0.2, -0.15) is 4.31 Å². The number of nitro groups is 1. The van der Waals surface area contributed by atoms with Crippen LogP contribution >= 0.6 is 11.6 Å². The lowest BCUT2D eigenvalue weighted by molar-refractivity contribution is -0.384. The van der Waals surface area contributed by atoms with Crippen molar-refractivity contribution in [2.24, 2.45) is 0 Å². The van der Waals surface area contributed by atoms with Crippen LogP contribution in [0.15, 0.2) is 29.2 Å². The molecule has 10 heteroatoms. The minimum Gasteiger partial charge on any atom is -0.336 e. The zero-order valence-corrected chi connectivity index (χ0v) is 19.4. The molecule has 1 saturated heterocycles. The number of piperazine rings is 1. The fourth-order valence-electron chi connectivity index (χ4n) is 3.79. The van der Waals surface area contributed by atoms with Gasteiger partial charge in [0.25, 0.3) is 11.6 Å². The molecule has 1 aliphatic rings. The van der Waals surface area contributed by atoms with Gasteiger partial charge in [-0.1, -0.05) is 17.7 Å². The Hall–Kier alpha value is -2.49. The van der Waals surface area contributed by atoms with Crippen LogP contribution in [-0.4, -0.2) is 54.6 Å². The van der Waals surface area contributed by atoms with E-state index in [0.29, 0.717) is 4.90 Å². The summed E-state index contributed by atoms with van der Waals surface area (Å²) in [6.07, 6.45) is 0. The van der Waals surface area contributed by atoms with Crippen molar-refractivity contribution in [3.63, 3.8) is 0 Å². The number of amides is 1. The average Bonchev–Trinajstić information content (AvgIpc) is 2.72. The third kappa shape index (κ3) is 4.30. The van der Waals surface area contributed by atoms with Crippen LogP contribution in [0.2, 0.25) is 5.02 Å². The molecule has 0 aliphatic carbocycles. The highest BCUT2D eigenvalue weighted by Gasteiger charge is 2.33. The maximum Gasteiger partial charge on any atom is 0.270 e. The number of hydrogen-bond donors (Lipinski definition) is 0. The van der Waals surface area contributed by atoms with Gasteiger partial charge in [-0.3, -0.25) is 14.9 Å². The molecule has 2 aromatic rings. The number of rotatable bonds is 4. The fourth-order valence-corrected chi connectivity index (χ4v) is 6.04. The van der Waals surface area contributed by atoms with E-state index in [1.807, 2.05) is 33.8 Å². The number of nitro benzene ring substituents is 1. The van der Waals surface area contributed by atoms with Crippen LogP contribution in [0, 0.1) is 37.8 Å². The van der Waals surface area contributed by atoms with Gasteiger partial charge >= 0.3 is 0 Å². The lowest BCUT2D eigenvalue weighted by atomic mass is 10.0. The number of halogens is 1. The number of benzene rings is 2. The Labute approximate surface area is 186 Å². The van der Waals surface area contributed by atoms with E-state index in [-0.39, 0.29) is 48.4 Å². The number of sulfonamides is 1. The van der Waals surface area contributed by atoms with Crippen molar-refractivity contribution in [2.75, 3.05) is 26.2 Å². The van der Waals surface area contributed by atoms with Gasteiger partial charge in [0.2, 0.25) is 10.0 Å². The Balaban J connectivity index is 1.80. The average molecular weight is 466 g/mol. The van der Waals surface area contributed by atoms with E-state index in [2.05, 4.69) is 0 Å². The number of carbonyl (C=O) groups excluding carboxylic acids is 1. The molecule has 0 unspecified atom stereocenters. The van der Waals surface area contributed by atoms with Crippen LogP contribution in [0.25, 0.3) is 0 Å². The molecule has 3 rings (SSSR count). The first-order valence-electron chi connectivity index (χ1n) is 9.76. The van der Waals surface area contributed by atoms with Gasteiger partial charge in [0.1, 0.15) is 0 Å². The van der Waals surface area contributed by atoms with Crippen LogP contribution < -0.4 is 0 Å². The molecule has 0 N–H and O–H groups in total. The summed E-state index contributed by atoms with van der Waals surface area (Å²) in [5, 5.41) is 10.9. The largest absolute Gasteiger partial charge is 0.336 e. The van der Waals surface area contributed by atoms with Gasteiger partial charge in [0.05, 0.1) is 20.4 Å². The molecule has 0 saturated carbocycles. The fraction of sp³-hybridized carbons (Fsp3) is 0.381. The van der Waals surface area contributed by atoms with Gasteiger partial charge in [0.15, 0.2) is 0 Å². The zero-order chi connectivity index (χ0) is 23.1. The van der Waals surface area contributed by atoms with Gasteiger partial charge in [-0.05, 0) is 56.0 Å². The molecule has 1 heterocycles. The second-order valence-corrected chi connectivity index (χ2v) is 9.99. The van der Waals surface area contributed by atoms with E-state index in [4.69, 9.17) is 11.6 Å². The number of aryl methyl sites for hydroxylation is 2. The zero-order valence-electron chi connectivity index (χ0n) is 17.8. The topological polar surface area (TPSA) is 101 Å². The first-order chi connectivity index (χ1) is 14.4. The van der Waals surface area contributed by atoms with Gasteiger partial charge in [-0.15, -0.1) is 0 Å². The maximum atomic E-state index is 13.4. The van der Waals surface area contributed by atoms with Crippen molar-refractivity contribution >= 4 is 33.2 Å². The molecule has 166 valence electrons. The summed E-state index contributed by atoms with van der Waals surface area (Å²) in [5.41, 5.74) is 3.27. The minimum absolute atomic E-state index is 0.00395. The first kappa shape index (κ1) is 23.2. The highest BCUT2D eigenvalue weighted by atomic mass is 35.5. The molecule has 0 radical (unpaired) electrons. The summed E-state index contributed by atoms with van der Waals surface area (Å²) in [4.78, 5) is 25.0. The molecule has 0 atom stereocenters. The van der Waals surface area contributed by atoms with Crippen molar-refractivity contribution in [2.45, 2.75) is 32.6 Å². The van der Waals surface area contributed by atoms with Crippen LogP contribution in [0.1, 0.15) is 32.6 Å². The van der Waals surface area contributed by atoms with E-state index in [1.165, 1.54) is 21.3 Å². The monoisotopic (exact) mass is 465 g/mol. The van der Waals surface area contributed by atoms with Crippen molar-refractivity contribution < 1.29 is 18.1 Å². The molecule has 2 aromatic carbocycles. The number of carbonyl (C=O) groups is 1. The number of nitrogens with zero attached hydrogens (tertiary/aromatic N) is 3. The van der Waals surface area contributed by atoms with E-state index in [0.717, 1.165) is 28.3 Å². The predicted octanol–water partition coefficient (Wildman–Crippen LogP) is 3.63. The highest BCUT2D eigenvalue weighted by Crippen LogP contribution is 2.30. The van der Waals surface area contributed by atoms with Crippen LogP contribution in [-0.2, 0) is 10.0 Å². The molecule has 0 spiro atoms. The molecule has 0 bridgehead atoms. The van der Waals surface area contributed by atoms with E-state index in [1.54, 1.807) is 0 Å². The van der Waals surface area contributed by atoms with Crippen LogP contribution in [0.3, 0.4) is 0 Å². The van der Waals surface area contributed by atoms with Crippen LogP contribution in [0.4, 0.5) is 5.69 Å². The van der Waals surface area contributed by atoms with Gasteiger partial charge in [0, 0.05) is 38.3 Å². The quantitative estimate of drug-likeness (QED) is 0.507. The van der Waals surface area contributed by atoms with Crippen molar-refractivity contribution in [3.05, 3.63) is 67.2 Å². The summed E-state index contributed by atoms with van der Waals surface area (Å²) in [6, 6.07) is 5.68. The normalized spacial score (nSPS) is 15.2.